The largest absolute Gasteiger partial charge is 0.383 e. The third-order valence-electron chi connectivity index (χ3n) is 2.89. The number of ether oxygens (including phenoxy) is 1. The lowest BCUT2D eigenvalue weighted by Crippen LogP contribution is -2.07. The molecule has 0 unspecified atom stereocenters. The number of nitrogens with zero attached hydrogens (tertiary/aromatic N) is 3. The minimum Gasteiger partial charge on any atom is -0.383 e. The van der Waals surface area contributed by atoms with Crippen LogP contribution >= 0.6 is 0 Å². The summed E-state index contributed by atoms with van der Waals surface area (Å²) in [7, 11) is 1.64. The fourth-order valence-electron chi connectivity index (χ4n) is 1.95. The first-order valence-electron chi connectivity index (χ1n) is 6.29. The third-order valence-corrected chi connectivity index (χ3v) is 2.89. The fourth-order valence-corrected chi connectivity index (χ4v) is 1.95. The third kappa shape index (κ3) is 2.46. The topological polar surface area (TPSA) is 73.1 Å². The molecule has 0 bridgehead atoms. The van der Waals surface area contributed by atoms with Crippen LogP contribution in [-0.4, -0.2) is 35.4 Å². The highest BCUT2D eigenvalue weighted by Gasteiger charge is 2.12. The molecular formula is C14H14N4O2. The number of pyridine rings is 1. The van der Waals surface area contributed by atoms with E-state index in [0.29, 0.717) is 30.7 Å². The quantitative estimate of drug-likeness (QED) is 0.717. The standard InChI is InChI=1S/C14H14N4O2/c1-19-9-8-16-14-17-13(18-20-14)12-11-5-3-2-4-10(11)6-7-15-12/h2-7H,8-9H2,1H3,(H,16,17,18). The number of methoxy groups -OCH3 is 1. The average Bonchev–Trinajstić information content (AvgIpc) is 2.96. The van der Waals surface area contributed by atoms with E-state index in [1.54, 1.807) is 13.3 Å². The Labute approximate surface area is 115 Å². The fraction of sp³-hybridized carbons (Fsp3) is 0.214. The van der Waals surface area contributed by atoms with Gasteiger partial charge in [-0.25, -0.2) is 0 Å². The summed E-state index contributed by atoms with van der Waals surface area (Å²) in [6.45, 7) is 1.19. The van der Waals surface area contributed by atoms with Crippen molar-refractivity contribution in [2.75, 3.05) is 25.6 Å². The first-order chi connectivity index (χ1) is 9.88. The molecule has 20 heavy (non-hydrogen) atoms. The second-order valence-corrected chi connectivity index (χ2v) is 4.22. The number of hydrogen-bond donors (Lipinski definition) is 1. The minimum atomic E-state index is 0.367. The molecule has 0 amide bonds. The molecule has 3 rings (SSSR count). The predicted molar refractivity (Wildman–Crippen MR) is 75.4 cm³/mol. The Hall–Kier alpha value is -2.47. The zero-order valence-electron chi connectivity index (χ0n) is 11.0. The number of anilines is 1. The summed E-state index contributed by atoms with van der Waals surface area (Å²) in [5.74, 6) is 0.474. The lowest BCUT2D eigenvalue weighted by molar-refractivity contribution is 0.210. The molecule has 3 aromatic rings. The summed E-state index contributed by atoms with van der Waals surface area (Å²) in [4.78, 5) is 8.64. The van der Waals surface area contributed by atoms with E-state index in [9.17, 15) is 0 Å². The van der Waals surface area contributed by atoms with Crippen molar-refractivity contribution in [1.82, 2.24) is 15.1 Å². The van der Waals surface area contributed by atoms with Gasteiger partial charge in [0.2, 0.25) is 5.82 Å². The van der Waals surface area contributed by atoms with E-state index in [4.69, 9.17) is 9.26 Å². The van der Waals surface area contributed by atoms with Gasteiger partial charge in [0.15, 0.2) is 0 Å². The van der Waals surface area contributed by atoms with E-state index in [1.807, 2.05) is 30.3 Å². The molecule has 0 radical (unpaired) electrons. The number of rotatable bonds is 5. The maximum atomic E-state index is 5.15. The monoisotopic (exact) mass is 270 g/mol. The Kier molecular flexibility index (Phi) is 3.56. The normalized spacial score (nSPS) is 10.8. The van der Waals surface area contributed by atoms with Crippen LogP contribution in [-0.2, 0) is 4.74 Å². The van der Waals surface area contributed by atoms with Crippen molar-refractivity contribution in [2.45, 2.75) is 0 Å². The Bertz CT molecular complexity index is 706. The van der Waals surface area contributed by atoms with Crippen LogP contribution in [0.5, 0.6) is 0 Å². The average molecular weight is 270 g/mol. The highest BCUT2D eigenvalue weighted by Crippen LogP contribution is 2.24. The number of fused-ring (bicyclic) bond motifs is 1. The zero-order valence-corrected chi connectivity index (χ0v) is 11.0. The van der Waals surface area contributed by atoms with Gasteiger partial charge in [-0.3, -0.25) is 4.98 Å². The highest BCUT2D eigenvalue weighted by molar-refractivity contribution is 5.92. The highest BCUT2D eigenvalue weighted by atomic mass is 16.5. The van der Waals surface area contributed by atoms with Gasteiger partial charge in [-0.15, -0.1) is 0 Å². The van der Waals surface area contributed by atoms with Crippen molar-refractivity contribution in [1.29, 1.82) is 0 Å². The molecule has 0 saturated heterocycles. The second-order valence-electron chi connectivity index (χ2n) is 4.22. The molecular weight excluding hydrogens is 256 g/mol. The lowest BCUT2D eigenvalue weighted by Gasteiger charge is -2.00. The maximum Gasteiger partial charge on any atom is 0.321 e. The van der Waals surface area contributed by atoms with E-state index in [-0.39, 0.29) is 0 Å². The molecule has 2 heterocycles. The van der Waals surface area contributed by atoms with Crippen molar-refractivity contribution in [3.8, 4) is 11.5 Å². The Morgan fingerprint density at radius 2 is 2.15 bits per heavy atom. The lowest BCUT2D eigenvalue weighted by atomic mass is 10.1. The molecule has 0 aliphatic heterocycles. The van der Waals surface area contributed by atoms with E-state index < -0.39 is 0 Å². The van der Waals surface area contributed by atoms with Crippen molar-refractivity contribution in [2.24, 2.45) is 0 Å². The van der Waals surface area contributed by atoms with Gasteiger partial charge >= 0.3 is 6.01 Å². The molecule has 2 aromatic heterocycles. The van der Waals surface area contributed by atoms with Crippen molar-refractivity contribution >= 4 is 16.8 Å². The SMILES string of the molecule is COCCNc1nc(-c2nccc3ccccc23)no1. The van der Waals surface area contributed by atoms with Crippen LogP contribution in [0.3, 0.4) is 0 Å². The first kappa shape index (κ1) is 12.6. The number of aromatic nitrogens is 3. The van der Waals surface area contributed by atoms with Crippen molar-refractivity contribution in [3.63, 3.8) is 0 Å². The molecule has 0 spiro atoms. The van der Waals surface area contributed by atoms with Crippen LogP contribution in [0, 0.1) is 0 Å². The molecule has 0 aliphatic carbocycles. The Morgan fingerprint density at radius 3 is 3.05 bits per heavy atom. The summed E-state index contributed by atoms with van der Waals surface area (Å²) in [5, 5.41) is 9.05. The van der Waals surface area contributed by atoms with Gasteiger partial charge in [-0.05, 0) is 11.5 Å². The second kappa shape index (κ2) is 5.66. The number of benzene rings is 1. The van der Waals surface area contributed by atoms with E-state index in [2.05, 4.69) is 20.4 Å². The van der Waals surface area contributed by atoms with Crippen molar-refractivity contribution < 1.29 is 9.26 Å². The zero-order chi connectivity index (χ0) is 13.8. The molecule has 1 aromatic carbocycles. The smallest absolute Gasteiger partial charge is 0.321 e. The van der Waals surface area contributed by atoms with E-state index in [0.717, 1.165) is 10.8 Å². The van der Waals surface area contributed by atoms with Crippen LogP contribution in [0.15, 0.2) is 41.1 Å². The Morgan fingerprint density at radius 1 is 1.25 bits per heavy atom. The summed E-state index contributed by atoms with van der Waals surface area (Å²) in [5.41, 5.74) is 0.714. The maximum absolute atomic E-state index is 5.15. The summed E-state index contributed by atoms with van der Waals surface area (Å²) in [6.07, 6.45) is 1.74. The van der Waals surface area contributed by atoms with Gasteiger partial charge in [-0.1, -0.05) is 29.4 Å². The molecule has 0 aliphatic rings. The Balaban J connectivity index is 1.91. The van der Waals surface area contributed by atoms with Crippen LogP contribution in [0.25, 0.3) is 22.3 Å². The predicted octanol–water partition coefficient (Wildman–Crippen LogP) is 2.34. The van der Waals surface area contributed by atoms with Gasteiger partial charge in [0.1, 0.15) is 5.69 Å². The van der Waals surface area contributed by atoms with Gasteiger partial charge in [0, 0.05) is 25.2 Å². The molecule has 6 nitrogen and oxygen atoms in total. The molecule has 0 atom stereocenters. The summed E-state index contributed by atoms with van der Waals surface area (Å²) >= 11 is 0. The molecule has 6 heteroatoms. The minimum absolute atomic E-state index is 0.367. The van der Waals surface area contributed by atoms with Crippen LogP contribution in [0.1, 0.15) is 0 Å². The summed E-state index contributed by atoms with van der Waals surface area (Å²) in [6, 6.07) is 10.3. The van der Waals surface area contributed by atoms with Crippen molar-refractivity contribution in [3.05, 3.63) is 36.5 Å². The van der Waals surface area contributed by atoms with Gasteiger partial charge < -0.3 is 14.6 Å². The molecule has 1 N–H and O–H groups in total. The van der Waals surface area contributed by atoms with E-state index >= 15 is 0 Å². The molecule has 0 saturated carbocycles. The number of nitrogens with one attached hydrogen (secondary N) is 1. The van der Waals surface area contributed by atoms with Crippen LogP contribution in [0.2, 0.25) is 0 Å². The summed E-state index contributed by atoms with van der Waals surface area (Å²) < 4.78 is 10.1. The first-order valence-corrected chi connectivity index (χ1v) is 6.29. The molecule has 102 valence electrons. The van der Waals surface area contributed by atoms with E-state index in [1.165, 1.54) is 0 Å². The molecule has 0 fully saturated rings. The van der Waals surface area contributed by atoms with Crippen LogP contribution < -0.4 is 5.32 Å². The number of hydrogen-bond acceptors (Lipinski definition) is 6. The van der Waals surface area contributed by atoms with Gasteiger partial charge in [0.25, 0.3) is 0 Å². The van der Waals surface area contributed by atoms with Gasteiger partial charge in [-0.2, -0.15) is 4.98 Å². The van der Waals surface area contributed by atoms with Gasteiger partial charge in [0.05, 0.1) is 6.61 Å². The van der Waals surface area contributed by atoms with Crippen LogP contribution in [0.4, 0.5) is 6.01 Å².